The Morgan fingerprint density at radius 3 is 2.65 bits per heavy atom. The number of pyridine rings is 1. The van der Waals surface area contributed by atoms with E-state index in [0.29, 0.717) is 31.1 Å². The van der Waals surface area contributed by atoms with Crippen LogP contribution in [-0.4, -0.2) is 39.9 Å². The first kappa shape index (κ1) is 22.5. The van der Waals surface area contributed by atoms with E-state index >= 15 is 0 Å². The molecule has 0 aliphatic rings. The molecule has 0 saturated heterocycles. The lowest BCUT2D eigenvalue weighted by molar-refractivity contribution is -0.153. The van der Waals surface area contributed by atoms with Gasteiger partial charge in [0.05, 0.1) is 24.0 Å². The van der Waals surface area contributed by atoms with Crippen molar-refractivity contribution in [3.05, 3.63) is 65.8 Å². The predicted octanol–water partition coefficient (Wildman–Crippen LogP) is 4.48. The van der Waals surface area contributed by atoms with Crippen LogP contribution >= 0.6 is 0 Å². The van der Waals surface area contributed by atoms with Gasteiger partial charge in [-0.25, -0.2) is 9.78 Å². The third-order valence-corrected chi connectivity index (χ3v) is 5.00. The lowest BCUT2D eigenvalue weighted by Crippen LogP contribution is -2.30. The molecule has 164 valence electrons. The van der Waals surface area contributed by atoms with Crippen LogP contribution in [0.1, 0.15) is 37.3 Å². The molecule has 31 heavy (non-hydrogen) atoms. The molecule has 7 heteroatoms. The first-order valence-electron chi connectivity index (χ1n) is 10.4. The summed E-state index contributed by atoms with van der Waals surface area (Å²) in [5.74, 6) is 1.08. The Labute approximate surface area is 182 Å². The predicted molar refractivity (Wildman–Crippen MR) is 116 cm³/mol. The number of carboxylic acid groups (broad SMARTS) is 1. The fraction of sp³-hybridized carbons (Fsp3) is 0.375. The first-order valence-corrected chi connectivity index (χ1v) is 10.4. The SMILES string of the molecule is CCC(C)OC(Cc1ccc(OCCc2nc(-c3cccnc3)oc2C)cc1)C(=O)O. The molecule has 0 amide bonds. The molecule has 2 atom stereocenters. The summed E-state index contributed by atoms with van der Waals surface area (Å²) in [6.45, 7) is 6.19. The van der Waals surface area contributed by atoms with Crippen LogP contribution in [0.2, 0.25) is 0 Å². The zero-order chi connectivity index (χ0) is 22.2. The molecule has 0 fully saturated rings. The third kappa shape index (κ3) is 6.39. The minimum atomic E-state index is -0.950. The standard InChI is InChI=1S/C24H28N2O5/c1-4-16(2)30-22(24(27)28)14-18-7-9-20(10-8-18)29-13-11-21-17(3)31-23(26-21)19-6-5-12-25-15-19/h5-10,12,15-16,22H,4,11,13-14H2,1-3H3,(H,27,28). The maximum Gasteiger partial charge on any atom is 0.333 e. The van der Waals surface area contributed by atoms with E-state index in [-0.39, 0.29) is 6.10 Å². The second-order valence-electron chi connectivity index (χ2n) is 7.39. The van der Waals surface area contributed by atoms with Crippen LogP contribution in [0.15, 0.2) is 53.2 Å². The summed E-state index contributed by atoms with van der Waals surface area (Å²) in [6.07, 6.45) is 4.17. The molecule has 1 aromatic carbocycles. The van der Waals surface area contributed by atoms with Crippen LogP contribution in [0.25, 0.3) is 11.5 Å². The van der Waals surface area contributed by atoms with Gasteiger partial charge in [0.1, 0.15) is 11.5 Å². The Morgan fingerprint density at radius 1 is 1.23 bits per heavy atom. The summed E-state index contributed by atoms with van der Waals surface area (Å²) in [6, 6.07) is 11.2. The van der Waals surface area contributed by atoms with E-state index in [9.17, 15) is 9.90 Å². The highest BCUT2D eigenvalue weighted by atomic mass is 16.5. The summed E-state index contributed by atoms with van der Waals surface area (Å²) in [7, 11) is 0. The van der Waals surface area contributed by atoms with Crippen LogP contribution in [0.3, 0.4) is 0 Å². The van der Waals surface area contributed by atoms with Gasteiger partial charge < -0.3 is 19.0 Å². The van der Waals surface area contributed by atoms with Crippen molar-refractivity contribution in [2.75, 3.05) is 6.61 Å². The summed E-state index contributed by atoms with van der Waals surface area (Å²) in [4.78, 5) is 20.1. The quantitative estimate of drug-likeness (QED) is 0.485. The molecule has 2 heterocycles. The number of carbonyl (C=O) groups is 1. The van der Waals surface area contributed by atoms with Gasteiger partial charge in [0, 0.05) is 25.2 Å². The van der Waals surface area contributed by atoms with Crippen molar-refractivity contribution in [2.45, 2.75) is 52.2 Å². The number of hydrogen-bond acceptors (Lipinski definition) is 6. The maximum absolute atomic E-state index is 11.5. The fourth-order valence-electron chi connectivity index (χ4n) is 3.04. The number of carboxylic acids is 1. The number of oxazole rings is 1. The Balaban J connectivity index is 1.53. The maximum atomic E-state index is 11.5. The minimum Gasteiger partial charge on any atom is -0.493 e. The number of nitrogens with zero attached hydrogens (tertiary/aromatic N) is 2. The second-order valence-corrected chi connectivity index (χ2v) is 7.39. The van der Waals surface area contributed by atoms with Crippen LogP contribution in [0.4, 0.5) is 0 Å². The smallest absolute Gasteiger partial charge is 0.333 e. The zero-order valence-corrected chi connectivity index (χ0v) is 18.1. The molecule has 0 aliphatic heterocycles. The number of hydrogen-bond donors (Lipinski definition) is 1. The van der Waals surface area contributed by atoms with Gasteiger partial charge >= 0.3 is 5.97 Å². The third-order valence-electron chi connectivity index (χ3n) is 5.00. The van der Waals surface area contributed by atoms with Crippen LogP contribution in [-0.2, 0) is 22.4 Å². The minimum absolute atomic E-state index is 0.0950. The van der Waals surface area contributed by atoms with E-state index in [0.717, 1.165) is 29.0 Å². The van der Waals surface area contributed by atoms with Gasteiger partial charge in [-0.3, -0.25) is 4.98 Å². The van der Waals surface area contributed by atoms with Crippen molar-refractivity contribution in [1.82, 2.24) is 9.97 Å². The molecule has 3 aromatic rings. The average molecular weight is 424 g/mol. The Hall–Kier alpha value is -3.19. The van der Waals surface area contributed by atoms with Gasteiger partial charge in [0.15, 0.2) is 6.10 Å². The zero-order valence-electron chi connectivity index (χ0n) is 18.1. The van der Waals surface area contributed by atoms with E-state index in [1.165, 1.54) is 0 Å². The summed E-state index contributed by atoms with van der Waals surface area (Å²) in [5.41, 5.74) is 2.57. The second kappa shape index (κ2) is 10.7. The normalized spacial score (nSPS) is 13.0. The first-order chi connectivity index (χ1) is 15.0. The summed E-state index contributed by atoms with van der Waals surface area (Å²) in [5, 5.41) is 9.39. The van der Waals surface area contributed by atoms with Crippen molar-refractivity contribution >= 4 is 5.97 Å². The van der Waals surface area contributed by atoms with Crippen molar-refractivity contribution in [2.24, 2.45) is 0 Å². The topological polar surface area (TPSA) is 94.7 Å². The van der Waals surface area contributed by atoms with Gasteiger partial charge in [0.2, 0.25) is 5.89 Å². The molecular formula is C24H28N2O5. The average Bonchev–Trinajstić information content (AvgIpc) is 3.15. The lowest BCUT2D eigenvalue weighted by atomic mass is 10.1. The number of aliphatic carboxylic acids is 1. The molecule has 0 bridgehead atoms. The van der Waals surface area contributed by atoms with Gasteiger partial charge in [-0.15, -0.1) is 0 Å². The molecule has 2 aromatic heterocycles. The van der Waals surface area contributed by atoms with Gasteiger partial charge in [0.25, 0.3) is 0 Å². The number of ether oxygens (including phenoxy) is 2. The van der Waals surface area contributed by atoms with Gasteiger partial charge in [-0.2, -0.15) is 0 Å². The Morgan fingerprint density at radius 2 is 2.00 bits per heavy atom. The highest BCUT2D eigenvalue weighted by Crippen LogP contribution is 2.21. The fourth-order valence-corrected chi connectivity index (χ4v) is 3.04. The van der Waals surface area contributed by atoms with Crippen LogP contribution in [0, 0.1) is 6.92 Å². The number of aromatic nitrogens is 2. The molecule has 0 spiro atoms. The van der Waals surface area contributed by atoms with Gasteiger partial charge in [-0.05, 0) is 50.1 Å². The summed E-state index contributed by atoms with van der Waals surface area (Å²) >= 11 is 0. The number of benzene rings is 1. The molecule has 3 rings (SSSR count). The van der Waals surface area contributed by atoms with Crippen LogP contribution in [0.5, 0.6) is 5.75 Å². The highest BCUT2D eigenvalue weighted by molar-refractivity contribution is 5.72. The highest BCUT2D eigenvalue weighted by Gasteiger charge is 2.21. The molecule has 0 radical (unpaired) electrons. The van der Waals surface area contributed by atoms with Crippen molar-refractivity contribution < 1.29 is 23.8 Å². The molecule has 2 unspecified atom stereocenters. The monoisotopic (exact) mass is 424 g/mol. The number of rotatable bonds is 11. The van der Waals surface area contributed by atoms with E-state index < -0.39 is 12.1 Å². The van der Waals surface area contributed by atoms with Crippen molar-refractivity contribution in [3.63, 3.8) is 0 Å². The largest absolute Gasteiger partial charge is 0.493 e. The lowest BCUT2D eigenvalue weighted by Gasteiger charge is -2.18. The van der Waals surface area contributed by atoms with E-state index in [2.05, 4.69) is 9.97 Å². The Bertz CT molecular complexity index is 969. The summed E-state index contributed by atoms with van der Waals surface area (Å²) < 4.78 is 17.2. The van der Waals surface area contributed by atoms with E-state index in [1.54, 1.807) is 12.4 Å². The van der Waals surface area contributed by atoms with Crippen molar-refractivity contribution in [1.29, 1.82) is 0 Å². The van der Waals surface area contributed by atoms with E-state index in [4.69, 9.17) is 13.9 Å². The van der Waals surface area contributed by atoms with Crippen LogP contribution < -0.4 is 4.74 Å². The van der Waals surface area contributed by atoms with Gasteiger partial charge in [-0.1, -0.05) is 19.1 Å². The number of aryl methyl sites for hydroxylation is 1. The molecule has 0 saturated carbocycles. The Kier molecular flexibility index (Phi) is 7.78. The van der Waals surface area contributed by atoms with E-state index in [1.807, 2.05) is 57.2 Å². The molecule has 7 nitrogen and oxygen atoms in total. The molecule has 1 N–H and O–H groups in total. The molecule has 0 aliphatic carbocycles. The van der Waals surface area contributed by atoms with Crippen molar-refractivity contribution in [3.8, 4) is 17.2 Å². The molecular weight excluding hydrogens is 396 g/mol.